The van der Waals surface area contributed by atoms with Gasteiger partial charge in [0.1, 0.15) is 6.61 Å². The van der Waals surface area contributed by atoms with Crippen molar-refractivity contribution in [3.63, 3.8) is 0 Å². The average molecular weight is 325 g/mol. The summed E-state index contributed by atoms with van der Waals surface area (Å²) < 4.78 is 10.7. The predicted molar refractivity (Wildman–Crippen MR) is 88.4 cm³/mol. The Morgan fingerprint density at radius 2 is 2.13 bits per heavy atom. The van der Waals surface area contributed by atoms with Gasteiger partial charge in [-0.25, -0.2) is 0 Å². The second-order valence-corrected chi connectivity index (χ2v) is 7.75. The molecule has 0 saturated carbocycles. The summed E-state index contributed by atoms with van der Waals surface area (Å²) >= 11 is 0. The molecule has 6 heteroatoms. The molecule has 3 aliphatic heterocycles. The Balaban J connectivity index is 1.65. The van der Waals surface area contributed by atoms with E-state index in [0.717, 1.165) is 51.9 Å². The molecule has 0 aromatic rings. The zero-order chi connectivity index (χ0) is 16.4. The predicted octanol–water partition coefficient (Wildman–Crippen LogP) is 0.276. The summed E-state index contributed by atoms with van der Waals surface area (Å²) in [6.45, 7) is 12.2. The van der Waals surface area contributed by atoms with Crippen LogP contribution in [0.3, 0.4) is 0 Å². The van der Waals surface area contributed by atoms with E-state index in [0.29, 0.717) is 6.04 Å². The number of hydrogen-bond donors (Lipinski definition) is 0. The quantitative estimate of drug-likeness (QED) is 0.726. The van der Waals surface area contributed by atoms with Gasteiger partial charge in [0.15, 0.2) is 0 Å². The number of piperazine rings is 1. The van der Waals surface area contributed by atoms with E-state index in [1.54, 1.807) is 7.11 Å². The first kappa shape index (κ1) is 17.1. The number of hydrogen-bond acceptors (Lipinski definition) is 5. The fourth-order valence-corrected chi connectivity index (χ4v) is 4.27. The van der Waals surface area contributed by atoms with Crippen LogP contribution in [0.15, 0.2) is 0 Å². The molecule has 0 bridgehead atoms. The number of nitrogens with zero attached hydrogens (tertiary/aromatic N) is 3. The summed E-state index contributed by atoms with van der Waals surface area (Å²) in [4.78, 5) is 19.5. The molecule has 3 rings (SSSR count). The van der Waals surface area contributed by atoms with Gasteiger partial charge in [0.25, 0.3) is 0 Å². The number of likely N-dealkylation sites (tertiary alicyclic amines) is 1. The van der Waals surface area contributed by atoms with E-state index in [9.17, 15) is 4.79 Å². The van der Waals surface area contributed by atoms with Gasteiger partial charge in [-0.2, -0.15) is 0 Å². The third-order valence-electron chi connectivity index (χ3n) is 5.43. The van der Waals surface area contributed by atoms with Crippen LogP contribution in [0, 0.1) is 5.92 Å². The summed E-state index contributed by atoms with van der Waals surface area (Å²) in [5.74, 6) is 0.853. The number of methoxy groups -OCH3 is 1. The van der Waals surface area contributed by atoms with Gasteiger partial charge in [-0.1, -0.05) is 13.8 Å². The van der Waals surface area contributed by atoms with E-state index in [1.807, 2.05) is 4.90 Å². The molecule has 3 heterocycles. The molecule has 3 saturated heterocycles. The standard InChI is InChI=1S/C17H31N3O3/c1-14(2)4-5-18-11-17(12-18)13-19(16(21)10-22-3)8-15-9-23-7-6-20(15)17/h14-15H,4-13H2,1-3H3/t15-/m1/s1. The first-order valence-electron chi connectivity index (χ1n) is 8.87. The van der Waals surface area contributed by atoms with Crippen molar-refractivity contribution in [2.45, 2.75) is 31.8 Å². The number of carbonyl (C=O) groups excluding carboxylic acids is 1. The summed E-state index contributed by atoms with van der Waals surface area (Å²) in [6, 6.07) is 0.338. The molecule has 3 aliphatic rings. The van der Waals surface area contributed by atoms with E-state index in [4.69, 9.17) is 9.47 Å². The Morgan fingerprint density at radius 1 is 1.35 bits per heavy atom. The molecule has 0 unspecified atom stereocenters. The second kappa shape index (κ2) is 7.05. The topological polar surface area (TPSA) is 45.2 Å². The lowest BCUT2D eigenvalue weighted by Crippen LogP contribution is -2.81. The fourth-order valence-electron chi connectivity index (χ4n) is 4.27. The Kier molecular flexibility index (Phi) is 5.26. The van der Waals surface area contributed by atoms with Crippen LogP contribution >= 0.6 is 0 Å². The van der Waals surface area contributed by atoms with Crippen LogP contribution in [0.25, 0.3) is 0 Å². The highest BCUT2D eigenvalue weighted by Crippen LogP contribution is 2.35. The number of carbonyl (C=O) groups is 1. The van der Waals surface area contributed by atoms with Gasteiger partial charge in [-0.05, 0) is 18.9 Å². The number of fused-ring (bicyclic) bond motifs is 2. The van der Waals surface area contributed by atoms with Gasteiger partial charge in [-0.15, -0.1) is 0 Å². The minimum absolute atomic E-state index is 0.109. The molecule has 0 radical (unpaired) electrons. The average Bonchev–Trinajstić information content (AvgIpc) is 2.50. The van der Waals surface area contributed by atoms with Crippen LogP contribution in [0.5, 0.6) is 0 Å². The van der Waals surface area contributed by atoms with Crippen LogP contribution in [0.2, 0.25) is 0 Å². The molecule has 1 atom stereocenters. The van der Waals surface area contributed by atoms with E-state index in [1.165, 1.54) is 13.0 Å². The van der Waals surface area contributed by atoms with Crippen molar-refractivity contribution in [3.8, 4) is 0 Å². The Hall–Kier alpha value is -0.690. The fraction of sp³-hybridized carbons (Fsp3) is 0.941. The molecule has 0 aliphatic carbocycles. The lowest BCUT2D eigenvalue weighted by molar-refractivity contribution is -0.176. The van der Waals surface area contributed by atoms with Crippen LogP contribution in [-0.2, 0) is 14.3 Å². The van der Waals surface area contributed by atoms with E-state index in [-0.39, 0.29) is 18.1 Å². The van der Waals surface area contributed by atoms with Crippen molar-refractivity contribution >= 4 is 5.91 Å². The normalized spacial score (nSPS) is 28.0. The first-order chi connectivity index (χ1) is 11.0. The molecule has 1 amide bonds. The van der Waals surface area contributed by atoms with Crippen molar-refractivity contribution in [2.75, 3.05) is 66.2 Å². The maximum absolute atomic E-state index is 12.3. The van der Waals surface area contributed by atoms with Crippen molar-refractivity contribution in [1.82, 2.24) is 14.7 Å². The molecule has 23 heavy (non-hydrogen) atoms. The highest BCUT2D eigenvalue weighted by atomic mass is 16.5. The largest absolute Gasteiger partial charge is 0.378 e. The first-order valence-corrected chi connectivity index (χ1v) is 8.87. The molecule has 3 fully saturated rings. The zero-order valence-corrected chi connectivity index (χ0v) is 14.8. The lowest BCUT2D eigenvalue weighted by Gasteiger charge is -2.63. The Morgan fingerprint density at radius 3 is 2.83 bits per heavy atom. The molecular formula is C17H31N3O3. The monoisotopic (exact) mass is 325 g/mol. The van der Waals surface area contributed by atoms with Crippen LogP contribution in [0.4, 0.5) is 0 Å². The third kappa shape index (κ3) is 3.55. The summed E-state index contributed by atoms with van der Waals surface area (Å²) in [6.07, 6.45) is 1.24. The lowest BCUT2D eigenvalue weighted by atomic mass is 9.82. The summed E-state index contributed by atoms with van der Waals surface area (Å²) in [5.41, 5.74) is 0.132. The highest BCUT2D eigenvalue weighted by molar-refractivity contribution is 5.77. The van der Waals surface area contributed by atoms with Crippen LogP contribution in [-0.4, -0.2) is 98.4 Å². The Labute approximate surface area is 139 Å². The maximum atomic E-state index is 12.3. The van der Waals surface area contributed by atoms with Gasteiger partial charge in [0.2, 0.25) is 5.91 Å². The van der Waals surface area contributed by atoms with Gasteiger partial charge in [0.05, 0.1) is 24.8 Å². The van der Waals surface area contributed by atoms with Gasteiger partial charge in [0, 0.05) is 39.8 Å². The number of morpholine rings is 1. The van der Waals surface area contributed by atoms with Crippen molar-refractivity contribution in [1.29, 1.82) is 0 Å². The van der Waals surface area contributed by atoms with Crippen LogP contribution in [0.1, 0.15) is 20.3 Å². The summed E-state index contributed by atoms with van der Waals surface area (Å²) in [5, 5.41) is 0. The zero-order valence-electron chi connectivity index (χ0n) is 14.8. The molecule has 132 valence electrons. The van der Waals surface area contributed by atoms with Gasteiger partial charge >= 0.3 is 0 Å². The minimum Gasteiger partial charge on any atom is -0.378 e. The molecule has 1 spiro atoms. The summed E-state index contributed by atoms with van der Waals surface area (Å²) in [7, 11) is 1.59. The Bertz CT molecular complexity index is 423. The van der Waals surface area contributed by atoms with E-state index in [2.05, 4.69) is 23.6 Å². The minimum atomic E-state index is 0.109. The molecule has 0 aromatic heterocycles. The van der Waals surface area contributed by atoms with Crippen molar-refractivity contribution in [3.05, 3.63) is 0 Å². The number of amides is 1. The van der Waals surface area contributed by atoms with Gasteiger partial charge < -0.3 is 14.4 Å². The molecule has 0 aromatic carbocycles. The van der Waals surface area contributed by atoms with E-state index >= 15 is 0 Å². The molecule has 0 N–H and O–H groups in total. The number of ether oxygens (including phenoxy) is 2. The van der Waals surface area contributed by atoms with E-state index < -0.39 is 0 Å². The maximum Gasteiger partial charge on any atom is 0.248 e. The molecule has 6 nitrogen and oxygen atoms in total. The SMILES string of the molecule is COCC(=O)N1C[C@@H]2COCCN2C2(CN(CCC(C)C)C2)C1. The smallest absolute Gasteiger partial charge is 0.248 e. The third-order valence-corrected chi connectivity index (χ3v) is 5.43. The number of rotatable bonds is 5. The van der Waals surface area contributed by atoms with Gasteiger partial charge in [-0.3, -0.25) is 14.6 Å². The van der Waals surface area contributed by atoms with Crippen molar-refractivity contribution < 1.29 is 14.3 Å². The van der Waals surface area contributed by atoms with Crippen molar-refractivity contribution in [2.24, 2.45) is 5.92 Å². The second-order valence-electron chi connectivity index (χ2n) is 7.75. The molecular weight excluding hydrogens is 294 g/mol. The highest BCUT2D eigenvalue weighted by Gasteiger charge is 2.54. The van der Waals surface area contributed by atoms with Crippen LogP contribution < -0.4 is 0 Å².